The largest absolute Gasteiger partial charge is 0.507 e. The van der Waals surface area contributed by atoms with E-state index in [1.165, 1.54) is 18.9 Å². The van der Waals surface area contributed by atoms with Crippen molar-refractivity contribution in [1.29, 1.82) is 0 Å². The van der Waals surface area contributed by atoms with Crippen molar-refractivity contribution in [2.24, 2.45) is 11.7 Å². The van der Waals surface area contributed by atoms with Gasteiger partial charge in [-0.15, -0.1) is 12.4 Å². The Balaban J connectivity index is 0.00000162. The summed E-state index contributed by atoms with van der Waals surface area (Å²) in [6, 6.07) is 2.66. The molecule has 18 heavy (non-hydrogen) atoms. The molecule has 0 unspecified atom stereocenters. The molecule has 0 radical (unpaired) electrons. The zero-order valence-corrected chi connectivity index (χ0v) is 12.0. The Kier molecular flexibility index (Phi) is 5.01. The molecule has 1 aliphatic carbocycles. The molecule has 1 aliphatic rings. The molecule has 1 aromatic carbocycles. The van der Waals surface area contributed by atoms with E-state index >= 15 is 0 Å². The molecule has 0 aliphatic heterocycles. The molecule has 0 heterocycles. The first kappa shape index (κ1) is 15.3. The van der Waals surface area contributed by atoms with Gasteiger partial charge in [0.1, 0.15) is 11.3 Å². The van der Waals surface area contributed by atoms with Gasteiger partial charge in [0.25, 0.3) is 0 Å². The van der Waals surface area contributed by atoms with Gasteiger partial charge in [0.15, 0.2) is 0 Å². The van der Waals surface area contributed by atoms with Gasteiger partial charge in [-0.05, 0) is 24.5 Å². The molecular formula is C12H15BrClNO3. The van der Waals surface area contributed by atoms with Gasteiger partial charge in [0.05, 0.1) is 0 Å². The van der Waals surface area contributed by atoms with Crippen molar-refractivity contribution in [1.82, 2.24) is 0 Å². The highest BCUT2D eigenvalue weighted by atomic mass is 79.9. The third kappa shape index (κ3) is 3.16. The van der Waals surface area contributed by atoms with Crippen LogP contribution < -0.4 is 5.73 Å². The number of hydrogen-bond donors (Lipinski definition) is 3. The van der Waals surface area contributed by atoms with Gasteiger partial charge in [0.2, 0.25) is 0 Å². The third-order valence-corrected chi connectivity index (χ3v) is 3.74. The van der Waals surface area contributed by atoms with Gasteiger partial charge in [-0.3, -0.25) is 0 Å². The van der Waals surface area contributed by atoms with E-state index in [2.05, 4.69) is 15.9 Å². The summed E-state index contributed by atoms with van der Waals surface area (Å²) in [6.45, 7) is 0. The minimum atomic E-state index is -1.14. The van der Waals surface area contributed by atoms with Crippen LogP contribution in [0, 0.1) is 5.92 Å². The fraction of sp³-hybridized carbons (Fsp3) is 0.417. The fourth-order valence-electron chi connectivity index (χ4n) is 1.94. The van der Waals surface area contributed by atoms with Gasteiger partial charge >= 0.3 is 5.97 Å². The highest BCUT2D eigenvalue weighted by Gasteiger charge is 2.28. The van der Waals surface area contributed by atoms with E-state index in [4.69, 9.17) is 10.8 Å². The number of hydrogen-bond acceptors (Lipinski definition) is 3. The number of carboxylic acid groups (broad SMARTS) is 1. The number of aromatic carboxylic acids is 1. The second-order valence-electron chi connectivity index (χ2n) is 4.45. The molecule has 0 amide bonds. The first-order valence-corrected chi connectivity index (χ1v) is 6.30. The predicted octanol–water partition coefficient (Wildman–Crippen LogP) is 3.07. The van der Waals surface area contributed by atoms with Gasteiger partial charge in [0, 0.05) is 16.1 Å². The van der Waals surface area contributed by atoms with E-state index in [1.54, 1.807) is 6.07 Å². The highest BCUT2D eigenvalue weighted by Crippen LogP contribution is 2.41. The fourth-order valence-corrected chi connectivity index (χ4v) is 2.55. The molecule has 0 spiro atoms. The Labute approximate surface area is 120 Å². The summed E-state index contributed by atoms with van der Waals surface area (Å²) in [5.41, 5.74) is 6.42. The zero-order chi connectivity index (χ0) is 12.6. The molecule has 0 bridgehead atoms. The Morgan fingerprint density at radius 3 is 2.61 bits per heavy atom. The average Bonchev–Trinajstić information content (AvgIpc) is 3.00. The molecule has 100 valence electrons. The quantitative estimate of drug-likeness (QED) is 0.789. The van der Waals surface area contributed by atoms with Crippen molar-refractivity contribution in [3.05, 3.63) is 27.7 Å². The van der Waals surface area contributed by atoms with Crippen LogP contribution in [0.4, 0.5) is 0 Å². The van der Waals surface area contributed by atoms with Gasteiger partial charge in [-0.1, -0.05) is 28.8 Å². The van der Waals surface area contributed by atoms with E-state index in [0.29, 0.717) is 16.0 Å². The molecular weight excluding hydrogens is 321 g/mol. The van der Waals surface area contributed by atoms with Crippen molar-refractivity contribution in [3.63, 3.8) is 0 Å². The molecule has 1 fully saturated rings. The van der Waals surface area contributed by atoms with E-state index < -0.39 is 5.97 Å². The number of carboxylic acids is 1. The molecule has 1 atom stereocenters. The number of nitrogens with two attached hydrogens (primary N) is 1. The van der Waals surface area contributed by atoms with Crippen LogP contribution in [0.2, 0.25) is 0 Å². The molecule has 4 N–H and O–H groups in total. The van der Waals surface area contributed by atoms with Crippen molar-refractivity contribution in [3.8, 4) is 5.75 Å². The standard InChI is InChI=1S/C12H14BrNO3.ClH/c13-8-4-3-7(12(16)17)11(15)10(8)9(14)5-6-1-2-6;/h3-4,6,9,15H,1-2,5,14H2,(H,16,17);1H/t9-;/m0./s1. The minimum absolute atomic E-state index is 0. The van der Waals surface area contributed by atoms with Crippen LogP contribution in [0.15, 0.2) is 16.6 Å². The van der Waals surface area contributed by atoms with E-state index in [0.717, 1.165) is 6.42 Å². The normalized spacial score (nSPS) is 15.9. The number of benzene rings is 1. The maximum absolute atomic E-state index is 10.9. The molecule has 0 saturated heterocycles. The van der Waals surface area contributed by atoms with Crippen LogP contribution in [0.3, 0.4) is 0 Å². The maximum Gasteiger partial charge on any atom is 0.339 e. The topological polar surface area (TPSA) is 83.6 Å². The summed E-state index contributed by atoms with van der Waals surface area (Å²) in [6.07, 6.45) is 3.13. The Bertz CT molecular complexity index is 463. The lowest BCUT2D eigenvalue weighted by molar-refractivity contribution is 0.0693. The van der Waals surface area contributed by atoms with Crippen LogP contribution >= 0.6 is 28.3 Å². The highest BCUT2D eigenvalue weighted by molar-refractivity contribution is 9.10. The molecule has 1 saturated carbocycles. The summed E-state index contributed by atoms with van der Waals surface area (Å²) in [7, 11) is 0. The van der Waals surface area contributed by atoms with Crippen molar-refractivity contribution in [2.45, 2.75) is 25.3 Å². The first-order valence-electron chi connectivity index (χ1n) is 5.51. The van der Waals surface area contributed by atoms with Crippen LogP contribution in [0.1, 0.15) is 41.2 Å². The monoisotopic (exact) mass is 335 g/mol. The molecule has 2 rings (SSSR count). The predicted molar refractivity (Wildman–Crippen MR) is 74.3 cm³/mol. The van der Waals surface area contributed by atoms with Crippen molar-refractivity contribution in [2.75, 3.05) is 0 Å². The maximum atomic E-state index is 10.9. The van der Waals surface area contributed by atoms with Crippen molar-refractivity contribution < 1.29 is 15.0 Å². The second-order valence-corrected chi connectivity index (χ2v) is 5.30. The third-order valence-electron chi connectivity index (χ3n) is 3.05. The Morgan fingerprint density at radius 2 is 2.11 bits per heavy atom. The smallest absolute Gasteiger partial charge is 0.339 e. The van der Waals surface area contributed by atoms with Gasteiger partial charge < -0.3 is 15.9 Å². The summed E-state index contributed by atoms with van der Waals surface area (Å²) in [5, 5.41) is 18.9. The molecule has 0 aromatic heterocycles. The number of aromatic hydroxyl groups is 1. The summed E-state index contributed by atoms with van der Waals surface area (Å²) < 4.78 is 0.660. The lowest BCUT2D eigenvalue weighted by Gasteiger charge is -2.16. The van der Waals surface area contributed by atoms with Crippen LogP contribution in [-0.4, -0.2) is 16.2 Å². The Hall–Kier alpha value is -0.780. The number of halogens is 2. The Morgan fingerprint density at radius 1 is 1.50 bits per heavy atom. The van der Waals surface area contributed by atoms with E-state index in [-0.39, 0.29) is 29.8 Å². The SMILES string of the molecule is Cl.N[C@@H](CC1CC1)c1c(Br)ccc(C(=O)O)c1O. The number of rotatable bonds is 4. The molecule has 1 aromatic rings. The van der Waals surface area contributed by atoms with Gasteiger partial charge in [-0.2, -0.15) is 0 Å². The zero-order valence-electron chi connectivity index (χ0n) is 9.60. The molecule has 6 heteroatoms. The van der Waals surface area contributed by atoms with E-state index in [1.807, 2.05) is 0 Å². The minimum Gasteiger partial charge on any atom is -0.507 e. The lowest BCUT2D eigenvalue weighted by atomic mass is 9.98. The van der Waals surface area contributed by atoms with Gasteiger partial charge in [-0.25, -0.2) is 4.79 Å². The number of carbonyl (C=O) groups is 1. The van der Waals surface area contributed by atoms with Crippen LogP contribution in [-0.2, 0) is 0 Å². The summed E-state index contributed by atoms with van der Waals surface area (Å²) >= 11 is 3.31. The van der Waals surface area contributed by atoms with E-state index in [9.17, 15) is 9.90 Å². The lowest BCUT2D eigenvalue weighted by Crippen LogP contribution is -2.13. The number of phenols is 1. The van der Waals surface area contributed by atoms with Crippen molar-refractivity contribution >= 4 is 34.3 Å². The second kappa shape index (κ2) is 5.91. The molecule has 4 nitrogen and oxygen atoms in total. The first-order chi connectivity index (χ1) is 8.00. The summed E-state index contributed by atoms with van der Waals surface area (Å²) in [5.74, 6) is -0.750. The van der Waals surface area contributed by atoms with Crippen LogP contribution in [0.25, 0.3) is 0 Å². The average molecular weight is 337 g/mol. The van der Waals surface area contributed by atoms with Crippen LogP contribution in [0.5, 0.6) is 5.75 Å². The summed E-state index contributed by atoms with van der Waals surface area (Å²) in [4.78, 5) is 10.9.